The van der Waals surface area contributed by atoms with Crippen LogP contribution in [0, 0.1) is 11.7 Å². The van der Waals surface area contributed by atoms with E-state index in [1.54, 1.807) is 6.07 Å². The summed E-state index contributed by atoms with van der Waals surface area (Å²) in [5.74, 6) is 0.382. The van der Waals surface area contributed by atoms with Gasteiger partial charge >= 0.3 is 5.97 Å². The summed E-state index contributed by atoms with van der Waals surface area (Å²) in [5, 5.41) is 3.24. The van der Waals surface area contributed by atoms with E-state index in [1.165, 1.54) is 12.1 Å². The van der Waals surface area contributed by atoms with Crippen LogP contribution in [0.15, 0.2) is 18.2 Å². The molecule has 20 heavy (non-hydrogen) atoms. The fourth-order valence-electron chi connectivity index (χ4n) is 2.03. The highest BCUT2D eigenvalue weighted by Crippen LogP contribution is 2.23. The van der Waals surface area contributed by atoms with Gasteiger partial charge in [0.15, 0.2) is 6.10 Å². The second-order valence-corrected chi connectivity index (χ2v) is 5.34. The Balaban J connectivity index is 2.04. The monoisotopic (exact) mass is 281 g/mol. The molecule has 0 amide bonds. The number of cyclic esters (lactones) is 1. The Kier molecular flexibility index (Phi) is 4.95. The Morgan fingerprint density at radius 1 is 1.50 bits per heavy atom. The molecule has 0 radical (unpaired) electrons. The van der Waals surface area contributed by atoms with Crippen LogP contribution in [0.4, 0.5) is 4.39 Å². The van der Waals surface area contributed by atoms with Crippen molar-refractivity contribution < 1.29 is 18.7 Å². The van der Waals surface area contributed by atoms with Crippen LogP contribution in [-0.2, 0) is 16.1 Å². The van der Waals surface area contributed by atoms with E-state index in [4.69, 9.17) is 9.47 Å². The summed E-state index contributed by atoms with van der Waals surface area (Å²) in [6, 6.07) is 4.33. The predicted octanol–water partition coefficient (Wildman–Crippen LogP) is 2.27. The predicted molar refractivity (Wildman–Crippen MR) is 72.9 cm³/mol. The lowest BCUT2D eigenvalue weighted by atomic mass is 10.1. The van der Waals surface area contributed by atoms with Gasteiger partial charge in [0.1, 0.15) is 11.6 Å². The van der Waals surface area contributed by atoms with Gasteiger partial charge < -0.3 is 14.8 Å². The first kappa shape index (κ1) is 14.8. The van der Waals surface area contributed by atoms with Gasteiger partial charge in [-0.2, -0.15) is 0 Å². The van der Waals surface area contributed by atoms with Crippen molar-refractivity contribution >= 4 is 5.97 Å². The highest BCUT2D eigenvalue weighted by molar-refractivity contribution is 5.76. The number of ether oxygens (including phenoxy) is 2. The Morgan fingerprint density at radius 2 is 2.30 bits per heavy atom. The van der Waals surface area contributed by atoms with Crippen LogP contribution < -0.4 is 10.1 Å². The average molecular weight is 281 g/mol. The fraction of sp³-hybridized carbons (Fsp3) is 0.533. The van der Waals surface area contributed by atoms with E-state index in [0.29, 0.717) is 36.8 Å². The third kappa shape index (κ3) is 3.93. The molecule has 1 N–H and O–H groups in total. The molecule has 0 spiro atoms. The van der Waals surface area contributed by atoms with Gasteiger partial charge in [0.25, 0.3) is 0 Å². The molecule has 2 rings (SSSR count). The zero-order chi connectivity index (χ0) is 14.5. The zero-order valence-electron chi connectivity index (χ0n) is 11.8. The average Bonchev–Trinajstić information content (AvgIpc) is 2.78. The van der Waals surface area contributed by atoms with Crippen molar-refractivity contribution in [1.29, 1.82) is 0 Å². The molecular formula is C15H20FNO3. The van der Waals surface area contributed by atoms with Crippen molar-refractivity contribution in [2.45, 2.75) is 32.9 Å². The maximum absolute atomic E-state index is 13.3. The lowest BCUT2D eigenvalue weighted by molar-refractivity contribution is -0.143. The molecule has 1 aliphatic heterocycles. The van der Waals surface area contributed by atoms with Gasteiger partial charge in [-0.3, -0.25) is 0 Å². The van der Waals surface area contributed by atoms with Gasteiger partial charge in [-0.15, -0.1) is 0 Å². The largest absolute Gasteiger partial charge is 0.478 e. The van der Waals surface area contributed by atoms with E-state index < -0.39 is 6.10 Å². The van der Waals surface area contributed by atoms with E-state index in [2.05, 4.69) is 19.2 Å². The molecule has 1 saturated heterocycles. The van der Waals surface area contributed by atoms with E-state index in [0.717, 1.165) is 6.54 Å². The Hall–Kier alpha value is -1.62. The van der Waals surface area contributed by atoms with Crippen LogP contribution in [0.1, 0.15) is 25.8 Å². The van der Waals surface area contributed by atoms with E-state index in [1.807, 2.05) is 0 Å². The lowest BCUT2D eigenvalue weighted by Crippen LogP contribution is -2.24. The molecule has 1 heterocycles. The van der Waals surface area contributed by atoms with Gasteiger partial charge in [-0.05, 0) is 30.7 Å². The second kappa shape index (κ2) is 6.70. The smallest absolute Gasteiger partial charge is 0.347 e. The lowest BCUT2D eigenvalue weighted by Gasteiger charge is -2.15. The Labute approximate surface area is 118 Å². The highest BCUT2D eigenvalue weighted by Gasteiger charge is 2.29. The summed E-state index contributed by atoms with van der Waals surface area (Å²) in [4.78, 5) is 11.4. The molecule has 5 heteroatoms. The maximum atomic E-state index is 13.3. The summed E-state index contributed by atoms with van der Waals surface area (Å²) in [5.41, 5.74) is 0.713. The second-order valence-electron chi connectivity index (χ2n) is 5.34. The molecule has 1 aliphatic rings. The molecule has 0 aromatic heterocycles. The minimum Gasteiger partial charge on any atom is -0.478 e. The van der Waals surface area contributed by atoms with Gasteiger partial charge in [-0.25, -0.2) is 9.18 Å². The van der Waals surface area contributed by atoms with E-state index in [9.17, 15) is 9.18 Å². The molecule has 0 bridgehead atoms. The summed E-state index contributed by atoms with van der Waals surface area (Å²) in [6.07, 6.45) is -0.0426. The fourth-order valence-corrected chi connectivity index (χ4v) is 2.03. The number of nitrogens with one attached hydrogen (secondary N) is 1. The third-order valence-electron chi connectivity index (χ3n) is 3.05. The summed E-state index contributed by atoms with van der Waals surface area (Å²) in [6.45, 7) is 5.93. The Morgan fingerprint density at radius 3 is 2.95 bits per heavy atom. The number of rotatable bonds is 6. The number of esters is 1. The van der Waals surface area contributed by atoms with Crippen LogP contribution in [0.3, 0.4) is 0 Å². The number of hydrogen-bond donors (Lipinski definition) is 1. The molecule has 0 aliphatic carbocycles. The van der Waals surface area contributed by atoms with Crippen molar-refractivity contribution in [3.05, 3.63) is 29.6 Å². The van der Waals surface area contributed by atoms with E-state index >= 15 is 0 Å². The van der Waals surface area contributed by atoms with E-state index in [-0.39, 0.29) is 11.8 Å². The van der Waals surface area contributed by atoms with Crippen LogP contribution in [0.5, 0.6) is 5.75 Å². The molecule has 4 nitrogen and oxygen atoms in total. The minimum atomic E-state index is -0.579. The first-order chi connectivity index (χ1) is 9.56. The first-order valence-corrected chi connectivity index (χ1v) is 6.88. The Bertz CT molecular complexity index is 476. The number of benzene rings is 1. The maximum Gasteiger partial charge on any atom is 0.347 e. The van der Waals surface area contributed by atoms with Gasteiger partial charge in [0.2, 0.25) is 0 Å². The van der Waals surface area contributed by atoms with Gasteiger partial charge in [0.05, 0.1) is 6.61 Å². The normalized spacial score (nSPS) is 18.4. The van der Waals surface area contributed by atoms with Gasteiger partial charge in [-0.1, -0.05) is 13.8 Å². The van der Waals surface area contributed by atoms with Crippen LogP contribution >= 0.6 is 0 Å². The molecular weight excluding hydrogens is 261 g/mol. The van der Waals surface area contributed by atoms with Gasteiger partial charge in [0, 0.05) is 18.5 Å². The van der Waals surface area contributed by atoms with Crippen molar-refractivity contribution in [2.75, 3.05) is 13.2 Å². The molecule has 1 fully saturated rings. The first-order valence-electron chi connectivity index (χ1n) is 6.88. The third-order valence-corrected chi connectivity index (χ3v) is 3.05. The van der Waals surface area contributed by atoms with Crippen molar-refractivity contribution in [1.82, 2.24) is 5.32 Å². The molecule has 0 saturated carbocycles. The number of carbonyl (C=O) groups excluding carboxylic acids is 1. The molecule has 1 atom stereocenters. The standard InChI is InChI=1S/C15H20FNO3/c1-10(2)8-17-9-11-7-12(16)3-4-13(11)20-14-5-6-19-15(14)18/h3-4,7,10,14,17H,5-6,8-9H2,1-2H3. The zero-order valence-corrected chi connectivity index (χ0v) is 11.8. The highest BCUT2D eigenvalue weighted by atomic mass is 19.1. The number of hydrogen-bond acceptors (Lipinski definition) is 4. The molecule has 110 valence electrons. The number of carbonyl (C=O) groups is 1. The SMILES string of the molecule is CC(C)CNCc1cc(F)ccc1OC1CCOC1=O. The summed E-state index contributed by atoms with van der Waals surface area (Å²) >= 11 is 0. The number of halogens is 1. The van der Waals surface area contributed by atoms with Crippen LogP contribution in [0.2, 0.25) is 0 Å². The van der Waals surface area contributed by atoms with Crippen LogP contribution in [-0.4, -0.2) is 25.2 Å². The molecule has 1 aromatic rings. The van der Waals surface area contributed by atoms with Crippen molar-refractivity contribution in [3.63, 3.8) is 0 Å². The molecule has 1 aromatic carbocycles. The summed E-state index contributed by atoms with van der Waals surface area (Å²) in [7, 11) is 0. The van der Waals surface area contributed by atoms with Crippen LogP contribution in [0.25, 0.3) is 0 Å². The molecule has 1 unspecified atom stereocenters. The van der Waals surface area contributed by atoms with Crippen molar-refractivity contribution in [2.24, 2.45) is 5.92 Å². The van der Waals surface area contributed by atoms with Crippen molar-refractivity contribution in [3.8, 4) is 5.75 Å². The minimum absolute atomic E-state index is 0.312. The summed E-state index contributed by atoms with van der Waals surface area (Å²) < 4.78 is 23.9. The quantitative estimate of drug-likeness (QED) is 0.813. The topological polar surface area (TPSA) is 47.6 Å².